The lowest BCUT2D eigenvalue weighted by atomic mass is 10.1. The van der Waals surface area contributed by atoms with Crippen LogP contribution in [0.4, 0.5) is 0 Å². The maximum absolute atomic E-state index is 11.8. The van der Waals surface area contributed by atoms with Crippen LogP contribution in [0.3, 0.4) is 0 Å². The van der Waals surface area contributed by atoms with Crippen molar-refractivity contribution in [3.8, 4) is 5.75 Å². The smallest absolute Gasteiger partial charge is 0.229 e. The summed E-state index contributed by atoms with van der Waals surface area (Å²) in [6, 6.07) is 6.37. The van der Waals surface area contributed by atoms with Crippen molar-refractivity contribution in [1.82, 2.24) is 0 Å². The van der Waals surface area contributed by atoms with E-state index in [0.717, 1.165) is 0 Å². The first-order valence-electron chi connectivity index (χ1n) is 5.18. The summed E-state index contributed by atoms with van der Waals surface area (Å²) in [5.74, 6) is 0.439. The lowest BCUT2D eigenvalue weighted by Crippen LogP contribution is -2.34. The molecule has 2 atom stereocenters. The molecule has 0 aliphatic rings. The number of halogens is 2. The molecular weight excluding hydrogens is 344 g/mol. The van der Waals surface area contributed by atoms with Gasteiger partial charge in [0.15, 0.2) is 9.84 Å². The highest BCUT2D eigenvalue weighted by atomic mass is 79.9. The zero-order valence-electron chi connectivity index (χ0n) is 9.93. The van der Waals surface area contributed by atoms with E-state index in [-0.39, 0.29) is 5.75 Å². The molecule has 4 nitrogen and oxygen atoms in total. The Bertz CT molecular complexity index is 498. The largest absolute Gasteiger partial charge is 0.497 e. The summed E-state index contributed by atoms with van der Waals surface area (Å²) >= 11 is 8.83. The third kappa shape index (κ3) is 2.99. The lowest BCUT2D eigenvalue weighted by molar-refractivity contribution is 0.185. The molecule has 0 amide bonds. The molecule has 0 aliphatic heterocycles. The van der Waals surface area contributed by atoms with Crippen molar-refractivity contribution >= 4 is 37.4 Å². The van der Waals surface area contributed by atoms with E-state index in [1.165, 1.54) is 14.0 Å². The van der Waals surface area contributed by atoms with Crippen molar-refractivity contribution < 1.29 is 18.3 Å². The van der Waals surface area contributed by atoms with E-state index in [4.69, 9.17) is 16.3 Å². The number of hydrogen-bond acceptors (Lipinski definition) is 4. The van der Waals surface area contributed by atoms with Crippen LogP contribution in [0.1, 0.15) is 18.6 Å². The highest BCUT2D eigenvalue weighted by molar-refractivity contribution is 9.12. The fourth-order valence-electron chi connectivity index (χ4n) is 1.34. The first-order chi connectivity index (χ1) is 8.26. The van der Waals surface area contributed by atoms with Gasteiger partial charge in [-0.05, 0) is 33.6 Å². The van der Waals surface area contributed by atoms with Gasteiger partial charge in [-0.2, -0.15) is 0 Å². The van der Waals surface area contributed by atoms with Crippen LogP contribution in [-0.4, -0.2) is 29.5 Å². The predicted molar refractivity (Wildman–Crippen MR) is 74.9 cm³/mol. The van der Waals surface area contributed by atoms with E-state index < -0.39 is 19.1 Å². The van der Waals surface area contributed by atoms with E-state index >= 15 is 0 Å². The van der Waals surface area contributed by atoms with E-state index in [1.807, 2.05) is 0 Å². The van der Waals surface area contributed by atoms with Gasteiger partial charge in [-0.3, -0.25) is 0 Å². The van der Waals surface area contributed by atoms with Crippen LogP contribution in [0.5, 0.6) is 5.75 Å². The van der Waals surface area contributed by atoms with Crippen LogP contribution in [0.2, 0.25) is 0 Å². The van der Waals surface area contributed by atoms with Crippen molar-refractivity contribution in [3.63, 3.8) is 0 Å². The zero-order valence-corrected chi connectivity index (χ0v) is 13.1. The number of ether oxygens (including phenoxy) is 1. The van der Waals surface area contributed by atoms with Gasteiger partial charge >= 0.3 is 0 Å². The standard InChI is InChI=1S/C11H14BrClO4S/c1-3-18(15,16)11(12,13)10(14)8-4-6-9(17-2)7-5-8/h4-7,10,14H,3H2,1-2H3/t10-,11+/m0/s1. The van der Waals surface area contributed by atoms with Crippen LogP contribution in [0, 0.1) is 0 Å². The van der Waals surface area contributed by atoms with Gasteiger partial charge in [0.1, 0.15) is 11.9 Å². The summed E-state index contributed by atoms with van der Waals surface area (Å²) in [4.78, 5) is 0. The molecule has 1 rings (SSSR count). The molecule has 0 saturated carbocycles. The molecule has 1 N–H and O–H groups in total. The fraction of sp³-hybridized carbons (Fsp3) is 0.455. The van der Waals surface area contributed by atoms with Crippen molar-refractivity contribution in [2.75, 3.05) is 12.9 Å². The van der Waals surface area contributed by atoms with Gasteiger partial charge in [0.2, 0.25) is 3.12 Å². The van der Waals surface area contributed by atoms with Crippen molar-refractivity contribution in [2.45, 2.75) is 16.1 Å². The molecule has 0 saturated heterocycles. The fourth-order valence-corrected chi connectivity index (χ4v) is 3.61. The Morgan fingerprint density at radius 1 is 1.44 bits per heavy atom. The molecule has 0 radical (unpaired) electrons. The van der Waals surface area contributed by atoms with Crippen molar-refractivity contribution in [2.24, 2.45) is 0 Å². The Hall–Kier alpha value is -0.300. The van der Waals surface area contributed by atoms with Crippen molar-refractivity contribution in [1.29, 1.82) is 0 Å². The molecule has 7 heteroatoms. The third-order valence-electron chi connectivity index (χ3n) is 2.54. The Morgan fingerprint density at radius 3 is 2.33 bits per heavy atom. The number of hydrogen-bond donors (Lipinski definition) is 1. The number of alkyl halides is 2. The second-order valence-corrected chi connectivity index (χ2v) is 9.14. The number of aliphatic hydroxyl groups is 1. The highest BCUT2D eigenvalue weighted by Gasteiger charge is 2.45. The molecule has 0 aromatic heterocycles. The molecule has 0 fully saturated rings. The number of methoxy groups -OCH3 is 1. The van der Waals surface area contributed by atoms with Crippen LogP contribution < -0.4 is 4.74 Å². The molecular formula is C11H14BrClO4S. The monoisotopic (exact) mass is 356 g/mol. The topological polar surface area (TPSA) is 63.6 Å². The van der Waals surface area contributed by atoms with Crippen molar-refractivity contribution in [3.05, 3.63) is 29.8 Å². The van der Waals surface area contributed by atoms with E-state index in [0.29, 0.717) is 11.3 Å². The summed E-state index contributed by atoms with van der Waals surface area (Å²) < 4.78 is 26.6. The highest BCUT2D eigenvalue weighted by Crippen LogP contribution is 2.43. The molecule has 0 heterocycles. The average molecular weight is 358 g/mol. The summed E-state index contributed by atoms with van der Waals surface area (Å²) in [5.41, 5.74) is 0.389. The number of rotatable bonds is 5. The van der Waals surface area contributed by atoms with Gasteiger partial charge < -0.3 is 9.84 Å². The van der Waals surface area contributed by atoms with E-state index in [1.54, 1.807) is 24.3 Å². The molecule has 102 valence electrons. The number of sulfone groups is 1. The normalized spacial score (nSPS) is 16.9. The minimum absolute atomic E-state index is 0.172. The Morgan fingerprint density at radius 2 is 1.94 bits per heavy atom. The van der Waals surface area contributed by atoms with Crippen LogP contribution in [-0.2, 0) is 9.84 Å². The summed E-state index contributed by atoms with van der Waals surface area (Å²) in [6.07, 6.45) is -1.38. The van der Waals surface area contributed by atoms with Gasteiger partial charge in [-0.25, -0.2) is 8.42 Å². The van der Waals surface area contributed by atoms with Crippen LogP contribution >= 0.6 is 27.5 Å². The molecule has 0 spiro atoms. The predicted octanol–water partition coefficient (Wildman–Crippen LogP) is 2.45. The second-order valence-electron chi connectivity index (χ2n) is 3.64. The molecule has 0 unspecified atom stereocenters. The summed E-state index contributed by atoms with van der Waals surface area (Å²) in [5, 5.41) is 10.1. The van der Waals surface area contributed by atoms with Gasteiger partial charge in [0.05, 0.1) is 12.9 Å². The van der Waals surface area contributed by atoms with Gasteiger partial charge in [0, 0.05) is 0 Å². The second kappa shape index (κ2) is 5.77. The Labute approximate surface area is 120 Å². The number of benzene rings is 1. The molecule has 1 aromatic carbocycles. The average Bonchev–Trinajstić information content (AvgIpc) is 2.37. The first kappa shape index (κ1) is 15.8. The molecule has 0 bridgehead atoms. The van der Waals surface area contributed by atoms with E-state index in [9.17, 15) is 13.5 Å². The van der Waals surface area contributed by atoms with Gasteiger partial charge in [-0.15, -0.1) is 0 Å². The molecule has 18 heavy (non-hydrogen) atoms. The third-order valence-corrected chi connectivity index (χ3v) is 7.18. The Kier molecular flexibility index (Phi) is 5.05. The first-order valence-corrected chi connectivity index (χ1v) is 8.00. The van der Waals surface area contributed by atoms with Gasteiger partial charge in [-0.1, -0.05) is 30.7 Å². The summed E-state index contributed by atoms with van der Waals surface area (Å²) in [7, 11) is -2.14. The van der Waals surface area contributed by atoms with Crippen LogP contribution in [0.15, 0.2) is 24.3 Å². The van der Waals surface area contributed by atoms with Crippen LogP contribution in [0.25, 0.3) is 0 Å². The summed E-state index contributed by atoms with van der Waals surface area (Å²) in [6.45, 7) is 1.47. The zero-order chi connectivity index (χ0) is 14.0. The number of aliphatic hydroxyl groups excluding tert-OH is 1. The van der Waals surface area contributed by atoms with Gasteiger partial charge in [0.25, 0.3) is 0 Å². The molecule has 0 aliphatic carbocycles. The maximum atomic E-state index is 11.8. The minimum Gasteiger partial charge on any atom is -0.497 e. The quantitative estimate of drug-likeness (QED) is 0.822. The SMILES string of the molecule is CCS(=O)(=O)[C@@](Cl)(Br)[C@@H](O)c1ccc(OC)cc1. The minimum atomic E-state index is -3.66. The Balaban J connectivity index is 3.09. The molecule has 1 aromatic rings. The lowest BCUT2D eigenvalue weighted by Gasteiger charge is -2.25. The van der Waals surface area contributed by atoms with E-state index in [2.05, 4.69) is 15.9 Å². The maximum Gasteiger partial charge on any atom is 0.229 e.